The van der Waals surface area contributed by atoms with Gasteiger partial charge in [-0.15, -0.1) is 6.58 Å². The maximum Gasteiger partial charge on any atom is 0.176 e. The quantitative estimate of drug-likeness (QED) is 0.317. The largest absolute Gasteiger partial charge is 0.650 e. The highest BCUT2D eigenvalue weighted by molar-refractivity contribution is 7.65. The molecule has 3 atom stereocenters. The third-order valence-corrected chi connectivity index (χ3v) is 10.8. The Balaban J connectivity index is 1.72. The van der Waals surface area contributed by atoms with E-state index in [1.807, 2.05) is 42.5 Å². The zero-order valence-electron chi connectivity index (χ0n) is 20.7. The molecule has 4 nitrogen and oxygen atoms in total. The van der Waals surface area contributed by atoms with Crippen molar-refractivity contribution < 1.29 is 9.69 Å². The van der Waals surface area contributed by atoms with E-state index in [4.69, 9.17) is 0 Å². The molecule has 4 rings (SSSR count). The van der Waals surface area contributed by atoms with Crippen molar-refractivity contribution in [2.45, 2.75) is 71.1 Å². The summed E-state index contributed by atoms with van der Waals surface area (Å²) in [5, 5.41) is 0. The van der Waals surface area contributed by atoms with Crippen molar-refractivity contribution in [2.24, 2.45) is 11.8 Å². The number of hydrogen-bond acceptors (Lipinski definition) is 4. The zero-order chi connectivity index (χ0) is 24.1. The van der Waals surface area contributed by atoms with E-state index in [2.05, 4.69) is 54.0 Å². The van der Waals surface area contributed by atoms with Crippen LogP contribution in [-0.2, 0) is 17.9 Å². The minimum absolute atomic E-state index is 0.119. The molecule has 34 heavy (non-hydrogen) atoms. The van der Waals surface area contributed by atoms with Crippen molar-refractivity contribution in [1.29, 1.82) is 0 Å². The molecule has 1 saturated carbocycles. The second-order valence-electron chi connectivity index (χ2n) is 10.2. The van der Waals surface area contributed by atoms with Gasteiger partial charge in [-0.25, -0.2) is 0 Å². The number of Topliss-reactive ketones (excluding diaryl/α,β-unsaturated/α-hetero) is 1. The van der Waals surface area contributed by atoms with Crippen LogP contribution in [0.5, 0.6) is 0 Å². The van der Waals surface area contributed by atoms with E-state index in [0.29, 0.717) is 19.5 Å². The van der Waals surface area contributed by atoms with Gasteiger partial charge in [-0.05, 0) is 36.3 Å². The average molecular weight is 479 g/mol. The molecule has 0 aromatic heterocycles. The van der Waals surface area contributed by atoms with E-state index in [9.17, 15) is 4.79 Å². The monoisotopic (exact) mass is 478 g/mol. The van der Waals surface area contributed by atoms with Gasteiger partial charge in [0.2, 0.25) is 0 Å². The average Bonchev–Trinajstić information content (AvgIpc) is 3.06. The summed E-state index contributed by atoms with van der Waals surface area (Å²) >= 11 is 0. The Morgan fingerprint density at radius 1 is 0.971 bits per heavy atom. The highest BCUT2D eigenvalue weighted by atomic mass is 31.2. The predicted octanol–water partition coefficient (Wildman–Crippen LogP) is 5.86. The topological polar surface area (TPSA) is 46.6 Å². The van der Waals surface area contributed by atoms with Gasteiger partial charge in [0.15, 0.2) is 5.78 Å². The summed E-state index contributed by atoms with van der Waals surface area (Å²) < 4.78 is 4.50. The van der Waals surface area contributed by atoms with E-state index in [0.717, 1.165) is 36.8 Å². The third kappa shape index (κ3) is 5.36. The number of benzene rings is 2. The fraction of sp³-hybridized carbons (Fsp3) is 0.483. The lowest BCUT2D eigenvalue weighted by atomic mass is 9.89. The van der Waals surface area contributed by atoms with E-state index in [-0.39, 0.29) is 35.9 Å². The van der Waals surface area contributed by atoms with Gasteiger partial charge >= 0.3 is 0 Å². The van der Waals surface area contributed by atoms with Crippen LogP contribution in [0, 0.1) is 11.8 Å². The summed E-state index contributed by atoms with van der Waals surface area (Å²) in [6.45, 7) is 9.30. The first kappa shape index (κ1) is 25.3. The lowest BCUT2D eigenvalue weighted by molar-refractivity contribution is -0.192. The van der Waals surface area contributed by atoms with Crippen molar-refractivity contribution in [3.05, 3.63) is 84.4 Å². The lowest BCUT2D eigenvalue weighted by Gasteiger charge is -2.41. The van der Waals surface area contributed by atoms with Crippen molar-refractivity contribution in [3.8, 4) is 0 Å². The van der Waals surface area contributed by atoms with E-state index < -0.39 is 7.79 Å². The minimum atomic E-state index is -3.12. The highest BCUT2D eigenvalue weighted by Crippen LogP contribution is 2.67. The smallest absolute Gasteiger partial charge is 0.176 e. The molecule has 0 bridgehead atoms. The summed E-state index contributed by atoms with van der Waals surface area (Å²) in [5.41, 5.74) is 2.32. The Bertz CT molecular complexity index is 892. The molecule has 182 valence electrons. The summed E-state index contributed by atoms with van der Waals surface area (Å²) in [4.78, 5) is 28.9. The standard InChI is InChI=1S/C29H39N2O2P/c1-4-13-26(23(2)3)29(32)22-34(33)30(20-24-14-7-5-8-15-24)27-18-11-12-19-28(27)31(34)21-25-16-9-6-10-17-25/h4-10,14-17,23,26-28H,1,11-13,18-22H2,2-3H3/t26-,27?,28?,34?/m0/s1. The Kier molecular flexibility index (Phi) is 8.37. The molecule has 2 unspecified atom stereocenters. The third-order valence-electron chi connectivity index (χ3n) is 7.64. The van der Waals surface area contributed by atoms with Crippen LogP contribution in [0.3, 0.4) is 0 Å². The lowest BCUT2D eigenvalue weighted by Crippen LogP contribution is -2.40. The number of ketones is 1. The van der Waals surface area contributed by atoms with Crippen molar-refractivity contribution in [3.63, 3.8) is 0 Å². The molecule has 5 heteroatoms. The van der Waals surface area contributed by atoms with Crippen LogP contribution >= 0.6 is 7.79 Å². The van der Waals surface area contributed by atoms with Crippen molar-refractivity contribution in [2.75, 3.05) is 6.16 Å². The van der Waals surface area contributed by atoms with E-state index in [1.54, 1.807) is 0 Å². The predicted molar refractivity (Wildman–Crippen MR) is 140 cm³/mol. The van der Waals surface area contributed by atoms with Gasteiger partial charge in [0.05, 0.1) is 25.2 Å². The summed E-state index contributed by atoms with van der Waals surface area (Å²) in [6, 6.07) is 21.1. The van der Waals surface area contributed by atoms with Gasteiger partial charge in [0.1, 0.15) is 14.0 Å². The van der Waals surface area contributed by atoms with Gasteiger partial charge in [0, 0.05) is 5.92 Å². The van der Waals surface area contributed by atoms with E-state index >= 15 is 4.89 Å². The van der Waals surface area contributed by atoms with Crippen LogP contribution in [0.25, 0.3) is 0 Å². The molecule has 2 aromatic rings. The Morgan fingerprint density at radius 2 is 1.44 bits per heavy atom. The molecule has 1 saturated heterocycles. The van der Waals surface area contributed by atoms with Crippen molar-refractivity contribution in [1.82, 2.24) is 9.34 Å². The number of rotatable bonds is 10. The molecule has 2 aromatic carbocycles. The number of carbonyl (C=O) groups excluding carboxylic acids is 1. The first-order chi connectivity index (χ1) is 16.4. The van der Waals surface area contributed by atoms with Crippen LogP contribution in [-0.4, -0.2) is 33.4 Å². The number of nitrogens with zero attached hydrogens (tertiary/aromatic N) is 2. The number of hydrogen-bond donors (Lipinski definition) is 0. The zero-order valence-corrected chi connectivity index (χ0v) is 21.6. The first-order valence-corrected chi connectivity index (χ1v) is 14.6. The number of carbonyl (C=O) groups is 1. The molecule has 0 amide bonds. The Hall–Kier alpha value is -1.84. The van der Waals surface area contributed by atoms with Crippen molar-refractivity contribution >= 4 is 13.6 Å². The second kappa shape index (κ2) is 11.3. The number of fused-ring (bicyclic) bond motifs is 1. The molecule has 0 N–H and O–H groups in total. The van der Waals surface area contributed by atoms with Crippen LogP contribution in [0.1, 0.15) is 57.1 Å². The van der Waals surface area contributed by atoms with Gasteiger partial charge in [-0.2, -0.15) is 9.34 Å². The SMILES string of the molecule is C=CC[C@H](C(=O)C[P+]1([O-])N(Cc2ccccc2)C2CCCCC2N1Cc1ccccc1)C(C)C. The maximum absolute atomic E-state index is 15.2. The fourth-order valence-electron chi connectivity index (χ4n) is 5.85. The fourth-order valence-corrected chi connectivity index (χ4v) is 9.38. The second-order valence-corrected chi connectivity index (χ2v) is 12.9. The molecule has 2 fully saturated rings. The molecule has 0 radical (unpaired) electrons. The molecular weight excluding hydrogens is 439 g/mol. The number of allylic oxidation sites excluding steroid dienone is 1. The maximum atomic E-state index is 15.2. The molecule has 0 spiro atoms. The summed E-state index contributed by atoms with van der Waals surface area (Å²) in [7, 11) is -3.12. The van der Waals surface area contributed by atoms with Gasteiger partial charge < -0.3 is 4.89 Å². The van der Waals surface area contributed by atoms with Crippen LogP contribution in [0.4, 0.5) is 0 Å². The van der Waals surface area contributed by atoms with E-state index in [1.165, 1.54) is 0 Å². The summed E-state index contributed by atoms with van der Waals surface area (Å²) in [5.74, 6) is 0.184. The minimum Gasteiger partial charge on any atom is -0.650 e. The summed E-state index contributed by atoms with van der Waals surface area (Å²) in [6.07, 6.45) is 6.99. The molecule has 2 aliphatic rings. The normalized spacial score (nSPS) is 26.4. The van der Waals surface area contributed by atoms with Gasteiger partial charge in [0.25, 0.3) is 0 Å². The highest BCUT2D eigenvalue weighted by Gasteiger charge is 2.59. The van der Waals surface area contributed by atoms with Gasteiger partial charge in [-0.1, -0.05) is 93.4 Å². The molecule has 1 heterocycles. The van der Waals surface area contributed by atoms with Crippen LogP contribution in [0.15, 0.2) is 73.3 Å². The van der Waals surface area contributed by atoms with Gasteiger partial charge in [-0.3, -0.25) is 4.79 Å². The Labute approximate surface area is 206 Å². The van der Waals surface area contributed by atoms with Crippen LogP contribution in [0.2, 0.25) is 0 Å². The van der Waals surface area contributed by atoms with Crippen LogP contribution < -0.4 is 4.89 Å². The Morgan fingerprint density at radius 3 is 1.85 bits per heavy atom. The molecular formula is C29H39N2O2P. The molecule has 1 aliphatic carbocycles. The first-order valence-electron chi connectivity index (χ1n) is 12.8. The molecule has 1 aliphatic heterocycles.